The Labute approximate surface area is 118 Å². The Morgan fingerprint density at radius 3 is 2.68 bits per heavy atom. The molecule has 2 N–H and O–H groups in total. The molecular formula is C13H22N4OS. The number of hydrogen-bond donors (Lipinski definition) is 1. The molecule has 2 rings (SSSR count). The van der Waals surface area contributed by atoms with E-state index in [-0.39, 0.29) is 0 Å². The number of nitrogens with two attached hydrogens (primary N) is 1. The van der Waals surface area contributed by atoms with Gasteiger partial charge >= 0.3 is 0 Å². The van der Waals surface area contributed by atoms with Crippen molar-refractivity contribution in [1.29, 1.82) is 0 Å². The SMILES string of the molecule is CCOCc1nc(N)cc(N2CC(C)SC(C)C2)n1. The monoisotopic (exact) mass is 282 g/mol. The van der Waals surface area contributed by atoms with Crippen LogP contribution in [0.25, 0.3) is 0 Å². The molecule has 1 saturated heterocycles. The molecular weight excluding hydrogens is 260 g/mol. The first-order valence-electron chi connectivity index (χ1n) is 6.70. The predicted octanol–water partition coefficient (Wildman–Crippen LogP) is 1.93. The molecule has 0 radical (unpaired) electrons. The lowest BCUT2D eigenvalue weighted by Gasteiger charge is -2.35. The molecule has 0 aromatic carbocycles. The molecule has 106 valence electrons. The molecule has 0 amide bonds. The van der Waals surface area contributed by atoms with Gasteiger partial charge in [0.2, 0.25) is 0 Å². The molecule has 1 fully saturated rings. The summed E-state index contributed by atoms with van der Waals surface area (Å²) < 4.78 is 5.36. The van der Waals surface area contributed by atoms with Crippen molar-refractivity contribution in [3.8, 4) is 0 Å². The van der Waals surface area contributed by atoms with Crippen molar-refractivity contribution < 1.29 is 4.74 Å². The fourth-order valence-electron chi connectivity index (χ4n) is 2.29. The van der Waals surface area contributed by atoms with Crippen molar-refractivity contribution in [3.05, 3.63) is 11.9 Å². The van der Waals surface area contributed by atoms with Crippen LogP contribution in [0.1, 0.15) is 26.6 Å². The molecule has 0 saturated carbocycles. The number of aromatic nitrogens is 2. The number of ether oxygens (including phenoxy) is 1. The maximum atomic E-state index is 5.87. The zero-order valence-electron chi connectivity index (χ0n) is 11.8. The van der Waals surface area contributed by atoms with E-state index in [1.807, 2.05) is 24.8 Å². The lowest BCUT2D eigenvalue weighted by molar-refractivity contribution is 0.128. The van der Waals surface area contributed by atoms with Crippen molar-refractivity contribution in [3.63, 3.8) is 0 Å². The van der Waals surface area contributed by atoms with Gasteiger partial charge in [-0.3, -0.25) is 0 Å². The first-order valence-corrected chi connectivity index (χ1v) is 7.64. The van der Waals surface area contributed by atoms with Crippen LogP contribution in [0, 0.1) is 0 Å². The highest BCUT2D eigenvalue weighted by atomic mass is 32.2. The maximum absolute atomic E-state index is 5.87. The summed E-state index contributed by atoms with van der Waals surface area (Å²) in [7, 11) is 0. The molecule has 2 atom stereocenters. The summed E-state index contributed by atoms with van der Waals surface area (Å²) in [6, 6.07) is 1.85. The van der Waals surface area contributed by atoms with E-state index >= 15 is 0 Å². The van der Waals surface area contributed by atoms with Crippen LogP contribution in [0.3, 0.4) is 0 Å². The second-order valence-electron chi connectivity index (χ2n) is 4.87. The standard InChI is InChI=1S/C13H22N4OS/c1-4-18-8-12-15-11(14)5-13(16-12)17-6-9(2)19-10(3)7-17/h5,9-10H,4,6-8H2,1-3H3,(H2,14,15,16). The Balaban J connectivity index is 2.16. The molecule has 2 unspecified atom stereocenters. The topological polar surface area (TPSA) is 64.3 Å². The van der Waals surface area contributed by atoms with Crippen LogP contribution in [-0.2, 0) is 11.3 Å². The highest BCUT2D eigenvalue weighted by Crippen LogP contribution is 2.28. The third-order valence-corrected chi connectivity index (χ3v) is 4.19. The van der Waals surface area contributed by atoms with Gasteiger partial charge in [-0.05, 0) is 6.92 Å². The fourth-order valence-corrected chi connectivity index (χ4v) is 3.61. The summed E-state index contributed by atoms with van der Waals surface area (Å²) in [5, 5.41) is 1.21. The number of anilines is 2. The highest BCUT2D eigenvalue weighted by molar-refractivity contribution is 8.00. The van der Waals surface area contributed by atoms with E-state index in [9.17, 15) is 0 Å². The number of hydrogen-bond acceptors (Lipinski definition) is 6. The molecule has 1 aliphatic heterocycles. The largest absolute Gasteiger partial charge is 0.384 e. The highest BCUT2D eigenvalue weighted by Gasteiger charge is 2.23. The summed E-state index contributed by atoms with van der Waals surface area (Å²) in [5.74, 6) is 2.09. The Morgan fingerprint density at radius 1 is 1.37 bits per heavy atom. The smallest absolute Gasteiger partial charge is 0.158 e. The summed E-state index contributed by atoms with van der Waals surface area (Å²) in [4.78, 5) is 11.1. The second kappa shape index (κ2) is 6.43. The van der Waals surface area contributed by atoms with Gasteiger partial charge in [-0.15, -0.1) is 0 Å². The van der Waals surface area contributed by atoms with Gasteiger partial charge in [-0.25, -0.2) is 9.97 Å². The van der Waals surface area contributed by atoms with Crippen LogP contribution in [0.2, 0.25) is 0 Å². The van der Waals surface area contributed by atoms with Gasteiger partial charge in [0.15, 0.2) is 5.82 Å². The van der Waals surface area contributed by atoms with E-state index in [1.165, 1.54) is 0 Å². The molecule has 19 heavy (non-hydrogen) atoms. The van der Waals surface area contributed by atoms with Gasteiger partial charge in [-0.2, -0.15) is 11.8 Å². The van der Waals surface area contributed by atoms with Crippen LogP contribution in [0.5, 0.6) is 0 Å². The predicted molar refractivity (Wildman–Crippen MR) is 80.5 cm³/mol. The van der Waals surface area contributed by atoms with Crippen LogP contribution in [0.15, 0.2) is 6.07 Å². The van der Waals surface area contributed by atoms with Crippen LogP contribution >= 0.6 is 11.8 Å². The fraction of sp³-hybridized carbons (Fsp3) is 0.692. The number of thioether (sulfide) groups is 1. The van der Waals surface area contributed by atoms with E-state index in [2.05, 4.69) is 28.7 Å². The summed E-state index contributed by atoms with van der Waals surface area (Å²) in [6.07, 6.45) is 0. The normalized spacial score (nSPS) is 23.6. The van der Waals surface area contributed by atoms with Crippen LogP contribution < -0.4 is 10.6 Å². The number of nitrogens with zero attached hydrogens (tertiary/aromatic N) is 3. The summed E-state index contributed by atoms with van der Waals surface area (Å²) in [5.41, 5.74) is 5.87. The van der Waals surface area contributed by atoms with Crippen molar-refractivity contribution in [2.75, 3.05) is 30.3 Å². The van der Waals surface area contributed by atoms with Crippen molar-refractivity contribution in [2.45, 2.75) is 37.9 Å². The van der Waals surface area contributed by atoms with Crippen molar-refractivity contribution in [1.82, 2.24) is 9.97 Å². The average Bonchev–Trinajstić information content (AvgIpc) is 2.34. The number of rotatable bonds is 4. The molecule has 6 heteroatoms. The maximum Gasteiger partial charge on any atom is 0.158 e. The van der Waals surface area contributed by atoms with E-state index in [0.29, 0.717) is 35.4 Å². The third-order valence-electron chi connectivity index (χ3n) is 2.96. The van der Waals surface area contributed by atoms with E-state index in [4.69, 9.17) is 10.5 Å². The van der Waals surface area contributed by atoms with Gasteiger partial charge in [-0.1, -0.05) is 13.8 Å². The van der Waals surface area contributed by atoms with E-state index in [0.717, 1.165) is 18.9 Å². The zero-order chi connectivity index (χ0) is 13.8. The van der Waals surface area contributed by atoms with Crippen LogP contribution in [0.4, 0.5) is 11.6 Å². The third kappa shape index (κ3) is 3.98. The Morgan fingerprint density at radius 2 is 2.05 bits per heavy atom. The molecule has 0 bridgehead atoms. The van der Waals surface area contributed by atoms with Gasteiger partial charge in [0, 0.05) is 36.3 Å². The van der Waals surface area contributed by atoms with Gasteiger partial charge in [0.1, 0.15) is 18.2 Å². The molecule has 5 nitrogen and oxygen atoms in total. The zero-order valence-corrected chi connectivity index (χ0v) is 12.6. The van der Waals surface area contributed by atoms with Gasteiger partial charge < -0.3 is 15.4 Å². The Kier molecular flexibility index (Phi) is 4.87. The minimum Gasteiger partial charge on any atom is -0.384 e. The molecule has 1 aromatic rings. The van der Waals surface area contributed by atoms with E-state index < -0.39 is 0 Å². The molecule has 1 aliphatic rings. The van der Waals surface area contributed by atoms with Gasteiger partial charge in [0.25, 0.3) is 0 Å². The second-order valence-corrected chi connectivity index (χ2v) is 6.75. The molecule has 2 heterocycles. The summed E-state index contributed by atoms with van der Waals surface area (Å²) >= 11 is 2.02. The van der Waals surface area contributed by atoms with Crippen molar-refractivity contribution in [2.24, 2.45) is 0 Å². The van der Waals surface area contributed by atoms with E-state index in [1.54, 1.807) is 0 Å². The lowest BCUT2D eigenvalue weighted by Crippen LogP contribution is -2.41. The molecule has 0 aliphatic carbocycles. The average molecular weight is 282 g/mol. The molecule has 1 aromatic heterocycles. The number of nitrogen functional groups attached to an aromatic ring is 1. The van der Waals surface area contributed by atoms with Crippen LogP contribution in [-0.4, -0.2) is 40.2 Å². The minimum absolute atomic E-state index is 0.419. The quantitative estimate of drug-likeness (QED) is 0.910. The Bertz CT molecular complexity index is 419. The molecule has 0 spiro atoms. The lowest BCUT2D eigenvalue weighted by atomic mass is 10.3. The first-order chi connectivity index (χ1) is 9.08. The minimum atomic E-state index is 0.419. The summed E-state index contributed by atoms with van der Waals surface area (Å²) in [6.45, 7) is 9.53. The Hall–Kier alpha value is -1.01. The first kappa shape index (κ1) is 14.4. The van der Waals surface area contributed by atoms with Crippen molar-refractivity contribution >= 4 is 23.4 Å². The van der Waals surface area contributed by atoms with Gasteiger partial charge in [0.05, 0.1) is 0 Å².